The van der Waals surface area contributed by atoms with Gasteiger partial charge in [0.25, 0.3) is 0 Å². The third-order valence-corrected chi connectivity index (χ3v) is 4.84. The van der Waals surface area contributed by atoms with Crippen LogP contribution >= 0.6 is 0 Å². The van der Waals surface area contributed by atoms with Crippen molar-refractivity contribution < 1.29 is 4.74 Å². The molecule has 19 heavy (non-hydrogen) atoms. The molecule has 2 aliphatic carbocycles. The van der Waals surface area contributed by atoms with Crippen LogP contribution in [0.1, 0.15) is 71.6 Å². The monoisotopic (exact) mass is 267 g/mol. The van der Waals surface area contributed by atoms with Crippen molar-refractivity contribution >= 4 is 0 Å². The van der Waals surface area contributed by atoms with Gasteiger partial charge in [0, 0.05) is 12.6 Å². The van der Waals surface area contributed by atoms with Crippen LogP contribution in [-0.2, 0) is 4.74 Å². The van der Waals surface area contributed by atoms with E-state index in [1.807, 2.05) is 0 Å². The van der Waals surface area contributed by atoms with Crippen molar-refractivity contribution in [1.29, 1.82) is 0 Å². The van der Waals surface area contributed by atoms with Gasteiger partial charge in [0.1, 0.15) is 0 Å². The molecule has 0 aliphatic heterocycles. The molecule has 0 aromatic carbocycles. The van der Waals surface area contributed by atoms with Crippen molar-refractivity contribution in [3.05, 3.63) is 0 Å². The highest BCUT2D eigenvalue weighted by Gasteiger charge is 2.23. The highest BCUT2D eigenvalue weighted by atomic mass is 16.5. The maximum absolute atomic E-state index is 5.97. The number of rotatable bonds is 6. The molecule has 2 rings (SSSR count). The minimum absolute atomic E-state index is 0.573. The van der Waals surface area contributed by atoms with Gasteiger partial charge in [-0.25, -0.2) is 0 Å². The molecule has 0 saturated heterocycles. The minimum Gasteiger partial charge on any atom is -0.378 e. The van der Waals surface area contributed by atoms with Crippen molar-refractivity contribution in [2.75, 3.05) is 13.2 Å². The molecule has 1 N–H and O–H groups in total. The second-order valence-electron chi connectivity index (χ2n) is 7.05. The largest absolute Gasteiger partial charge is 0.378 e. The Kier molecular flexibility index (Phi) is 6.66. The fourth-order valence-corrected chi connectivity index (χ4v) is 3.97. The summed E-state index contributed by atoms with van der Waals surface area (Å²) in [5.74, 6) is 1.81. The van der Waals surface area contributed by atoms with Gasteiger partial charge in [0.2, 0.25) is 0 Å². The van der Waals surface area contributed by atoms with Crippen molar-refractivity contribution in [3.63, 3.8) is 0 Å². The average molecular weight is 267 g/mol. The zero-order valence-electron chi connectivity index (χ0n) is 13.0. The first-order chi connectivity index (χ1) is 9.24. The quantitative estimate of drug-likeness (QED) is 0.730. The smallest absolute Gasteiger partial charge is 0.0575 e. The van der Waals surface area contributed by atoms with Gasteiger partial charge in [0.15, 0.2) is 0 Å². The molecule has 2 aliphatic rings. The molecule has 0 heterocycles. The molecule has 2 heteroatoms. The third kappa shape index (κ3) is 5.83. The van der Waals surface area contributed by atoms with Crippen LogP contribution in [0.25, 0.3) is 0 Å². The molecule has 0 spiro atoms. The maximum Gasteiger partial charge on any atom is 0.0575 e. The lowest BCUT2D eigenvalue weighted by atomic mass is 9.80. The van der Waals surface area contributed by atoms with Crippen LogP contribution in [0.15, 0.2) is 0 Å². The van der Waals surface area contributed by atoms with Gasteiger partial charge >= 0.3 is 0 Å². The van der Waals surface area contributed by atoms with Crippen LogP contribution in [0.3, 0.4) is 0 Å². The normalized spacial score (nSPS) is 33.5. The molecule has 2 atom stereocenters. The number of hydrogen-bond acceptors (Lipinski definition) is 2. The first kappa shape index (κ1) is 15.3. The summed E-state index contributed by atoms with van der Waals surface area (Å²) in [6.07, 6.45) is 12.7. The van der Waals surface area contributed by atoms with Gasteiger partial charge in [-0.15, -0.1) is 0 Å². The Morgan fingerprint density at radius 3 is 2.32 bits per heavy atom. The van der Waals surface area contributed by atoms with Crippen LogP contribution in [0.2, 0.25) is 0 Å². The van der Waals surface area contributed by atoms with Crippen molar-refractivity contribution in [2.45, 2.75) is 83.8 Å². The second-order valence-corrected chi connectivity index (χ2v) is 7.05. The van der Waals surface area contributed by atoms with Crippen molar-refractivity contribution in [2.24, 2.45) is 11.8 Å². The van der Waals surface area contributed by atoms with Gasteiger partial charge in [-0.05, 0) is 56.9 Å². The lowest BCUT2D eigenvalue weighted by Crippen LogP contribution is -2.37. The summed E-state index contributed by atoms with van der Waals surface area (Å²) < 4.78 is 5.97. The Labute approximate surface area is 119 Å². The van der Waals surface area contributed by atoms with Crippen LogP contribution < -0.4 is 5.32 Å². The SMILES string of the molecule is CC1CC(C)CC(NCCCOC2CCCCC2)C1. The Morgan fingerprint density at radius 1 is 0.947 bits per heavy atom. The van der Waals surface area contributed by atoms with Gasteiger partial charge < -0.3 is 10.1 Å². The van der Waals surface area contributed by atoms with Crippen LogP contribution in [0.5, 0.6) is 0 Å². The van der Waals surface area contributed by atoms with E-state index in [9.17, 15) is 0 Å². The molecule has 2 fully saturated rings. The van der Waals surface area contributed by atoms with Crippen molar-refractivity contribution in [3.8, 4) is 0 Å². The molecule has 2 unspecified atom stereocenters. The molecule has 0 radical (unpaired) electrons. The van der Waals surface area contributed by atoms with Gasteiger partial charge in [-0.3, -0.25) is 0 Å². The molecule has 112 valence electrons. The van der Waals surface area contributed by atoms with E-state index in [1.165, 1.54) is 57.8 Å². The molecule has 2 saturated carbocycles. The minimum atomic E-state index is 0.573. The lowest BCUT2D eigenvalue weighted by Gasteiger charge is -2.32. The summed E-state index contributed by atoms with van der Waals surface area (Å²) >= 11 is 0. The highest BCUT2D eigenvalue weighted by Crippen LogP contribution is 2.28. The Morgan fingerprint density at radius 2 is 1.63 bits per heavy atom. The number of ether oxygens (including phenoxy) is 1. The first-order valence-electron chi connectivity index (χ1n) is 8.59. The zero-order valence-corrected chi connectivity index (χ0v) is 13.0. The topological polar surface area (TPSA) is 21.3 Å². The van der Waals surface area contributed by atoms with Crippen LogP contribution in [-0.4, -0.2) is 25.3 Å². The van der Waals surface area contributed by atoms with E-state index in [-0.39, 0.29) is 0 Å². The van der Waals surface area contributed by atoms with E-state index in [4.69, 9.17) is 4.74 Å². The van der Waals surface area contributed by atoms with E-state index in [1.54, 1.807) is 0 Å². The molecule has 0 amide bonds. The standard InChI is InChI=1S/C17H33NO/c1-14-11-15(2)13-16(12-14)18-9-6-10-19-17-7-4-3-5-8-17/h14-18H,3-13H2,1-2H3. The summed E-state index contributed by atoms with van der Waals surface area (Å²) in [7, 11) is 0. The van der Waals surface area contributed by atoms with E-state index in [0.29, 0.717) is 6.10 Å². The van der Waals surface area contributed by atoms with Crippen molar-refractivity contribution in [1.82, 2.24) is 5.32 Å². The fourth-order valence-electron chi connectivity index (χ4n) is 3.97. The van der Waals surface area contributed by atoms with E-state index >= 15 is 0 Å². The number of hydrogen-bond donors (Lipinski definition) is 1. The van der Waals surface area contributed by atoms with Gasteiger partial charge in [-0.2, -0.15) is 0 Å². The fraction of sp³-hybridized carbons (Fsp3) is 1.00. The molecule has 2 nitrogen and oxygen atoms in total. The molecule has 0 bridgehead atoms. The predicted octanol–water partition coefficient (Wildman–Crippen LogP) is 4.14. The zero-order chi connectivity index (χ0) is 13.5. The molecular formula is C17H33NO. The molecule has 0 aromatic heterocycles. The first-order valence-corrected chi connectivity index (χ1v) is 8.59. The van der Waals surface area contributed by atoms with E-state index in [2.05, 4.69) is 19.2 Å². The summed E-state index contributed by atoms with van der Waals surface area (Å²) in [5.41, 5.74) is 0. The second kappa shape index (κ2) is 8.26. The summed E-state index contributed by atoms with van der Waals surface area (Å²) in [5, 5.41) is 3.74. The van der Waals surface area contributed by atoms with Gasteiger partial charge in [0.05, 0.1) is 6.10 Å². The van der Waals surface area contributed by atoms with Crippen LogP contribution in [0.4, 0.5) is 0 Å². The third-order valence-electron chi connectivity index (χ3n) is 4.84. The molecule has 0 aromatic rings. The summed E-state index contributed by atoms with van der Waals surface area (Å²) in [4.78, 5) is 0. The Bertz CT molecular complexity index is 227. The average Bonchev–Trinajstić information content (AvgIpc) is 2.38. The lowest BCUT2D eigenvalue weighted by molar-refractivity contribution is 0.0268. The highest BCUT2D eigenvalue weighted by molar-refractivity contribution is 4.79. The summed E-state index contributed by atoms with van der Waals surface area (Å²) in [6.45, 7) is 6.89. The van der Waals surface area contributed by atoms with Crippen LogP contribution in [0, 0.1) is 11.8 Å². The molecular weight excluding hydrogens is 234 g/mol. The predicted molar refractivity (Wildman–Crippen MR) is 81.4 cm³/mol. The van der Waals surface area contributed by atoms with Gasteiger partial charge in [-0.1, -0.05) is 33.1 Å². The van der Waals surface area contributed by atoms with E-state index in [0.717, 1.165) is 31.0 Å². The maximum atomic E-state index is 5.97. The van der Waals surface area contributed by atoms with E-state index < -0.39 is 0 Å². The Balaban J connectivity index is 1.49. The number of nitrogens with one attached hydrogen (secondary N) is 1. The summed E-state index contributed by atoms with van der Waals surface area (Å²) in [6, 6.07) is 0.758. The Hall–Kier alpha value is -0.0800.